The van der Waals surface area contributed by atoms with Gasteiger partial charge in [0.1, 0.15) is 5.75 Å². The summed E-state index contributed by atoms with van der Waals surface area (Å²) < 4.78 is 33.6. The van der Waals surface area contributed by atoms with E-state index < -0.39 is 10.0 Å². The molecule has 2 N–H and O–H groups in total. The second-order valence-electron chi connectivity index (χ2n) is 5.92. The zero-order chi connectivity index (χ0) is 19.6. The zero-order valence-electron chi connectivity index (χ0n) is 14.4. The lowest BCUT2D eigenvalue weighted by atomic mass is 10.2. The van der Waals surface area contributed by atoms with Crippen LogP contribution in [-0.4, -0.2) is 41.7 Å². The summed E-state index contributed by atoms with van der Waals surface area (Å²) in [4.78, 5) is 2.18. The van der Waals surface area contributed by atoms with Crippen molar-refractivity contribution in [3.63, 3.8) is 0 Å². The van der Waals surface area contributed by atoms with Gasteiger partial charge in [0.15, 0.2) is 0 Å². The Kier molecular flexibility index (Phi) is 6.28. The molecule has 0 amide bonds. The molecule has 1 fully saturated rings. The van der Waals surface area contributed by atoms with Gasteiger partial charge in [0.25, 0.3) is 10.0 Å². The molecule has 1 saturated heterocycles. The van der Waals surface area contributed by atoms with Crippen LogP contribution in [0.5, 0.6) is 5.75 Å². The zero-order valence-corrected chi connectivity index (χ0v) is 17.5. The molecule has 27 heavy (non-hydrogen) atoms. The minimum Gasteiger partial charge on any atom is -0.495 e. The summed E-state index contributed by atoms with van der Waals surface area (Å²) >= 11 is 18.0. The van der Waals surface area contributed by atoms with Crippen molar-refractivity contribution >= 4 is 56.2 Å². The first-order chi connectivity index (χ1) is 12.8. The van der Waals surface area contributed by atoms with Crippen LogP contribution < -0.4 is 19.7 Å². The van der Waals surface area contributed by atoms with E-state index in [1.165, 1.54) is 18.2 Å². The number of hydrogen-bond donors (Lipinski definition) is 2. The summed E-state index contributed by atoms with van der Waals surface area (Å²) in [7, 11) is -2.33. The SMILES string of the molecule is COc1ccc(S(=O)(=O)Nc2cc(Cl)c(Cl)cc2Cl)cc1N1CCNCC1. The van der Waals surface area contributed by atoms with Crippen LogP contribution in [0.25, 0.3) is 0 Å². The quantitative estimate of drug-likeness (QED) is 0.677. The molecule has 3 rings (SSSR count). The second kappa shape index (κ2) is 8.32. The Bertz CT molecular complexity index is 948. The van der Waals surface area contributed by atoms with E-state index in [0.29, 0.717) is 5.75 Å². The average Bonchev–Trinajstić information content (AvgIpc) is 2.66. The largest absolute Gasteiger partial charge is 0.495 e. The molecular formula is C17H18Cl3N3O3S. The fraction of sp³-hybridized carbons (Fsp3) is 0.294. The highest BCUT2D eigenvalue weighted by atomic mass is 35.5. The van der Waals surface area contributed by atoms with Crippen LogP contribution in [0.1, 0.15) is 0 Å². The fourth-order valence-corrected chi connectivity index (χ4v) is 4.53. The summed E-state index contributed by atoms with van der Waals surface area (Å²) in [5.41, 5.74) is 0.882. The Morgan fingerprint density at radius 1 is 1.04 bits per heavy atom. The third-order valence-corrected chi connectivity index (χ3v) is 6.57. The van der Waals surface area contributed by atoms with Crippen molar-refractivity contribution in [1.82, 2.24) is 5.32 Å². The summed E-state index contributed by atoms with van der Waals surface area (Å²) in [6, 6.07) is 7.49. The molecule has 0 aliphatic carbocycles. The maximum absolute atomic E-state index is 12.9. The van der Waals surface area contributed by atoms with Gasteiger partial charge < -0.3 is 15.0 Å². The molecule has 146 valence electrons. The summed E-state index contributed by atoms with van der Waals surface area (Å²) in [6.07, 6.45) is 0. The Labute approximate surface area is 173 Å². The molecule has 0 unspecified atom stereocenters. The number of piperazine rings is 1. The number of hydrogen-bond acceptors (Lipinski definition) is 5. The van der Waals surface area contributed by atoms with Crippen LogP contribution in [0.4, 0.5) is 11.4 Å². The molecule has 1 aliphatic heterocycles. The average molecular weight is 451 g/mol. The summed E-state index contributed by atoms with van der Waals surface area (Å²) in [6.45, 7) is 3.15. The molecule has 1 aliphatic rings. The van der Waals surface area contributed by atoms with Gasteiger partial charge in [0.05, 0.1) is 38.4 Å². The van der Waals surface area contributed by atoms with Gasteiger partial charge in [-0.15, -0.1) is 0 Å². The van der Waals surface area contributed by atoms with E-state index in [1.54, 1.807) is 19.2 Å². The maximum Gasteiger partial charge on any atom is 0.262 e. The number of halogens is 3. The molecule has 10 heteroatoms. The van der Waals surface area contributed by atoms with E-state index in [9.17, 15) is 8.42 Å². The molecule has 1 heterocycles. The van der Waals surface area contributed by atoms with Crippen LogP contribution in [0.15, 0.2) is 35.2 Å². The molecule has 0 spiro atoms. The fourth-order valence-electron chi connectivity index (χ4n) is 2.79. The van der Waals surface area contributed by atoms with Crippen LogP contribution in [0.2, 0.25) is 15.1 Å². The highest BCUT2D eigenvalue weighted by Gasteiger charge is 2.22. The van der Waals surface area contributed by atoms with Crippen LogP contribution in [0, 0.1) is 0 Å². The van der Waals surface area contributed by atoms with Gasteiger partial charge in [-0.3, -0.25) is 4.72 Å². The third-order valence-electron chi connectivity index (χ3n) is 4.17. The van der Waals surface area contributed by atoms with E-state index in [1.807, 2.05) is 0 Å². The molecule has 6 nitrogen and oxygen atoms in total. The molecule has 2 aromatic rings. The highest BCUT2D eigenvalue weighted by Crippen LogP contribution is 2.35. The van der Waals surface area contributed by atoms with E-state index in [4.69, 9.17) is 39.5 Å². The first-order valence-electron chi connectivity index (χ1n) is 8.13. The maximum atomic E-state index is 12.9. The number of nitrogens with one attached hydrogen (secondary N) is 2. The number of benzene rings is 2. The number of sulfonamides is 1. The van der Waals surface area contributed by atoms with Gasteiger partial charge in [0, 0.05) is 26.2 Å². The van der Waals surface area contributed by atoms with Crippen molar-refractivity contribution in [3.05, 3.63) is 45.4 Å². The second-order valence-corrected chi connectivity index (χ2v) is 8.83. The molecule has 0 aromatic heterocycles. The first-order valence-corrected chi connectivity index (χ1v) is 10.7. The van der Waals surface area contributed by atoms with Gasteiger partial charge in [-0.2, -0.15) is 0 Å². The first kappa shape index (κ1) is 20.4. The van der Waals surface area contributed by atoms with Gasteiger partial charge in [0.2, 0.25) is 0 Å². The third kappa shape index (κ3) is 4.55. The van der Waals surface area contributed by atoms with E-state index in [-0.39, 0.29) is 25.7 Å². The van der Waals surface area contributed by atoms with Crippen molar-refractivity contribution < 1.29 is 13.2 Å². The molecule has 0 bridgehead atoms. The topological polar surface area (TPSA) is 70.7 Å². The van der Waals surface area contributed by atoms with Crippen LogP contribution >= 0.6 is 34.8 Å². The Morgan fingerprint density at radius 2 is 1.70 bits per heavy atom. The van der Waals surface area contributed by atoms with Gasteiger partial charge in [-0.25, -0.2) is 8.42 Å². The highest BCUT2D eigenvalue weighted by molar-refractivity contribution is 7.92. The number of anilines is 2. The van der Waals surface area contributed by atoms with Crippen molar-refractivity contribution in [1.29, 1.82) is 0 Å². The Balaban J connectivity index is 1.96. The van der Waals surface area contributed by atoms with Crippen LogP contribution in [0.3, 0.4) is 0 Å². The number of methoxy groups -OCH3 is 1. The van der Waals surface area contributed by atoms with Crippen molar-refractivity contribution in [3.8, 4) is 5.75 Å². The predicted molar refractivity (Wildman–Crippen MR) is 110 cm³/mol. The van der Waals surface area contributed by atoms with Crippen molar-refractivity contribution in [2.45, 2.75) is 4.90 Å². The van der Waals surface area contributed by atoms with Crippen LogP contribution in [-0.2, 0) is 10.0 Å². The Morgan fingerprint density at radius 3 is 2.37 bits per heavy atom. The van der Waals surface area contributed by atoms with E-state index in [2.05, 4.69) is 14.9 Å². The summed E-state index contributed by atoms with van der Waals surface area (Å²) in [5.74, 6) is 0.614. The normalized spacial score (nSPS) is 14.9. The van der Waals surface area contributed by atoms with Gasteiger partial charge in [-0.05, 0) is 30.3 Å². The molecule has 0 radical (unpaired) electrons. The van der Waals surface area contributed by atoms with Gasteiger partial charge >= 0.3 is 0 Å². The minimum atomic E-state index is -3.89. The molecular weight excluding hydrogens is 433 g/mol. The van der Waals surface area contributed by atoms with E-state index in [0.717, 1.165) is 31.9 Å². The monoisotopic (exact) mass is 449 g/mol. The van der Waals surface area contributed by atoms with E-state index >= 15 is 0 Å². The number of nitrogens with zero attached hydrogens (tertiary/aromatic N) is 1. The van der Waals surface area contributed by atoms with Crippen molar-refractivity contribution in [2.75, 3.05) is 42.9 Å². The molecule has 2 aromatic carbocycles. The number of ether oxygens (including phenoxy) is 1. The smallest absolute Gasteiger partial charge is 0.262 e. The lowest BCUT2D eigenvalue weighted by Gasteiger charge is -2.30. The predicted octanol–water partition coefficient (Wildman–Crippen LogP) is 3.87. The Hall–Kier alpha value is -1.38. The lowest BCUT2D eigenvalue weighted by Crippen LogP contribution is -2.43. The standard InChI is InChI=1S/C17H18Cl3N3O3S/c1-26-17-3-2-11(8-16(17)23-6-4-21-5-7-23)27(24,25)22-15-10-13(19)12(18)9-14(15)20/h2-3,8-10,21-22H,4-7H2,1H3. The molecule has 0 atom stereocenters. The lowest BCUT2D eigenvalue weighted by molar-refractivity contribution is 0.412. The summed E-state index contributed by atoms with van der Waals surface area (Å²) in [5, 5.41) is 3.87. The van der Waals surface area contributed by atoms with Crippen molar-refractivity contribution in [2.24, 2.45) is 0 Å². The minimum absolute atomic E-state index is 0.0963. The number of rotatable bonds is 5. The van der Waals surface area contributed by atoms with Gasteiger partial charge in [-0.1, -0.05) is 34.8 Å². The molecule has 0 saturated carbocycles.